The fourth-order valence-electron chi connectivity index (χ4n) is 2.49. The third-order valence-corrected chi connectivity index (χ3v) is 3.51. The topological polar surface area (TPSA) is 63.3 Å². The summed E-state index contributed by atoms with van der Waals surface area (Å²) in [6.07, 6.45) is 5.37. The molecule has 21 heavy (non-hydrogen) atoms. The van der Waals surface area contributed by atoms with Gasteiger partial charge in [0.15, 0.2) is 5.96 Å². The number of fused-ring (bicyclic) bond motifs is 1. The van der Waals surface area contributed by atoms with Gasteiger partial charge in [-0.15, -0.1) is 24.0 Å². The third-order valence-electron chi connectivity index (χ3n) is 3.51. The first-order valence-electron chi connectivity index (χ1n) is 6.90. The molecule has 0 atom stereocenters. The van der Waals surface area contributed by atoms with E-state index in [2.05, 4.69) is 33.5 Å². The van der Waals surface area contributed by atoms with Crippen molar-refractivity contribution >= 4 is 35.6 Å². The van der Waals surface area contributed by atoms with Crippen LogP contribution in [0.5, 0.6) is 0 Å². The lowest BCUT2D eigenvalue weighted by Crippen LogP contribution is -2.22. The standard InChI is InChI=1S/C16H18N4.HI/c17-16(19-11-15-6-1-2-9-18-15)20-14-8-7-12-4-3-5-13(12)10-14;/h1-2,6-10H,3-5,11H2,(H3,17,19,20);1H. The van der Waals surface area contributed by atoms with Crippen molar-refractivity contribution in [3.05, 3.63) is 59.4 Å². The number of pyridine rings is 1. The highest BCUT2D eigenvalue weighted by molar-refractivity contribution is 14.0. The Balaban J connectivity index is 0.00000161. The zero-order chi connectivity index (χ0) is 13.8. The maximum atomic E-state index is 5.91. The molecule has 0 aliphatic heterocycles. The molecule has 1 aromatic carbocycles. The number of nitrogens with two attached hydrogens (primary N) is 1. The predicted molar refractivity (Wildman–Crippen MR) is 97.1 cm³/mol. The molecule has 1 aliphatic rings. The summed E-state index contributed by atoms with van der Waals surface area (Å²) >= 11 is 0. The monoisotopic (exact) mass is 394 g/mol. The van der Waals surface area contributed by atoms with Gasteiger partial charge in [0.2, 0.25) is 0 Å². The summed E-state index contributed by atoms with van der Waals surface area (Å²) < 4.78 is 0. The van der Waals surface area contributed by atoms with Crippen molar-refractivity contribution in [1.82, 2.24) is 4.98 Å². The molecule has 1 aliphatic carbocycles. The van der Waals surface area contributed by atoms with Gasteiger partial charge < -0.3 is 11.1 Å². The molecule has 0 saturated heterocycles. The van der Waals surface area contributed by atoms with E-state index in [4.69, 9.17) is 5.73 Å². The number of nitrogens with one attached hydrogen (secondary N) is 1. The zero-order valence-electron chi connectivity index (χ0n) is 11.7. The van der Waals surface area contributed by atoms with E-state index in [9.17, 15) is 0 Å². The highest BCUT2D eigenvalue weighted by Gasteiger charge is 2.10. The molecule has 0 fully saturated rings. The van der Waals surface area contributed by atoms with Crippen LogP contribution in [0.3, 0.4) is 0 Å². The van der Waals surface area contributed by atoms with Gasteiger partial charge in [-0.2, -0.15) is 0 Å². The summed E-state index contributed by atoms with van der Waals surface area (Å²) in [7, 11) is 0. The summed E-state index contributed by atoms with van der Waals surface area (Å²) in [4.78, 5) is 8.52. The number of guanidine groups is 1. The summed E-state index contributed by atoms with van der Waals surface area (Å²) in [6.45, 7) is 0.491. The predicted octanol–water partition coefficient (Wildman–Crippen LogP) is 3.12. The average molecular weight is 394 g/mol. The Kier molecular flexibility index (Phi) is 5.55. The normalized spacial score (nSPS) is 13.4. The first kappa shape index (κ1) is 15.8. The van der Waals surface area contributed by atoms with Crippen LogP contribution in [0.4, 0.5) is 5.69 Å². The van der Waals surface area contributed by atoms with Gasteiger partial charge >= 0.3 is 0 Å². The molecule has 0 amide bonds. The number of aliphatic imine (C=N–C) groups is 1. The average Bonchev–Trinajstić information content (AvgIpc) is 2.94. The van der Waals surface area contributed by atoms with E-state index < -0.39 is 0 Å². The van der Waals surface area contributed by atoms with Crippen molar-refractivity contribution in [3.63, 3.8) is 0 Å². The second kappa shape index (κ2) is 7.40. The van der Waals surface area contributed by atoms with E-state index in [0.29, 0.717) is 12.5 Å². The molecule has 0 saturated carbocycles. The number of aryl methyl sites for hydroxylation is 2. The van der Waals surface area contributed by atoms with Crippen LogP contribution in [-0.4, -0.2) is 10.9 Å². The first-order chi connectivity index (χ1) is 9.81. The lowest BCUT2D eigenvalue weighted by atomic mass is 10.1. The van der Waals surface area contributed by atoms with E-state index in [1.54, 1.807) is 6.20 Å². The lowest BCUT2D eigenvalue weighted by molar-refractivity contribution is 0.912. The number of hydrogen-bond acceptors (Lipinski definition) is 2. The smallest absolute Gasteiger partial charge is 0.193 e. The highest BCUT2D eigenvalue weighted by atomic mass is 127. The molecule has 110 valence electrons. The molecule has 0 radical (unpaired) electrons. The zero-order valence-corrected chi connectivity index (χ0v) is 14.1. The molecular weight excluding hydrogens is 375 g/mol. The van der Waals surface area contributed by atoms with E-state index >= 15 is 0 Å². The number of rotatable bonds is 3. The van der Waals surface area contributed by atoms with Crippen LogP contribution in [0.1, 0.15) is 23.2 Å². The van der Waals surface area contributed by atoms with Gasteiger partial charge in [-0.1, -0.05) is 12.1 Å². The van der Waals surface area contributed by atoms with Gasteiger partial charge in [0, 0.05) is 11.9 Å². The minimum absolute atomic E-state index is 0. The van der Waals surface area contributed by atoms with Gasteiger partial charge in [0.05, 0.1) is 12.2 Å². The van der Waals surface area contributed by atoms with Crippen molar-refractivity contribution in [3.8, 4) is 0 Å². The Morgan fingerprint density at radius 1 is 1.19 bits per heavy atom. The number of halogens is 1. The Labute approximate surface area is 141 Å². The fraction of sp³-hybridized carbons (Fsp3) is 0.250. The van der Waals surface area contributed by atoms with Crippen molar-refractivity contribution in [2.24, 2.45) is 10.7 Å². The van der Waals surface area contributed by atoms with Crippen LogP contribution < -0.4 is 11.1 Å². The molecule has 3 rings (SSSR count). The van der Waals surface area contributed by atoms with Crippen molar-refractivity contribution in [2.45, 2.75) is 25.8 Å². The number of benzene rings is 1. The molecular formula is C16H19IN4. The molecule has 1 heterocycles. The molecule has 5 heteroatoms. The van der Waals surface area contributed by atoms with Crippen LogP contribution in [-0.2, 0) is 19.4 Å². The van der Waals surface area contributed by atoms with E-state index in [-0.39, 0.29) is 24.0 Å². The SMILES string of the molecule is I.NC(=NCc1ccccn1)Nc1ccc2c(c1)CCC2. The summed E-state index contributed by atoms with van der Waals surface area (Å²) in [5.74, 6) is 0.425. The van der Waals surface area contributed by atoms with Crippen molar-refractivity contribution < 1.29 is 0 Å². The van der Waals surface area contributed by atoms with Crippen LogP contribution in [0.15, 0.2) is 47.6 Å². The van der Waals surface area contributed by atoms with Crippen LogP contribution in [0.25, 0.3) is 0 Å². The van der Waals surface area contributed by atoms with Crippen molar-refractivity contribution in [2.75, 3.05) is 5.32 Å². The Hall–Kier alpha value is -1.63. The van der Waals surface area contributed by atoms with E-state index in [1.165, 1.54) is 24.0 Å². The summed E-state index contributed by atoms with van der Waals surface area (Å²) in [5, 5.41) is 3.14. The van der Waals surface area contributed by atoms with Crippen LogP contribution >= 0.6 is 24.0 Å². The molecule has 1 aromatic heterocycles. The maximum Gasteiger partial charge on any atom is 0.193 e. The Bertz CT molecular complexity index is 625. The van der Waals surface area contributed by atoms with Gasteiger partial charge in [0.1, 0.15) is 0 Å². The van der Waals surface area contributed by atoms with E-state index in [0.717, 1.165) is 17.8 Å². The van der Waals surface area contributed by atoms with Gasteiger partial charge in [-0.3, -0.25) is 4.98 Å². The fourth-order valence-corrected chi connectivity index (χ4v) is 2.49. The second-order valence-corrected chi connectivity index (χ2v) is 4.98. The molecule has 0 spiro atoms. The number of hydrogen-bond donors (Lipinski definition) is 2. The third kappa shape index (κ3) is 4.17. The largest absolute Gasteiger partial charge is 0.370 e. The minimum Gasteiger partial charge on any atom is -0.370 e. The van der Waals surface area contributed by atoms with Crippen molar-refractivity contribution in [1.29, 1.82) is 0 Å². The summed E-state index contributed by atoms with van der Waals surface area (Å²) in [6, 6.07) is 12.2. The number of nitrogens with zero attached hydrogens (tertiary/aromatic N) is 2. The van der Waals surface area contributed by atoms with Gasteiger partial charge in [-0.05, 0) is 54.7 Å². The number of anilines is 1. The lowest BCUT2D eigenvalue weighted by Gasteiger charge is -2.07. The molecule has 0 bridgehead atoms. The minimum atomic E-state index is 0. The molecule has 0 unspecified atom stereocenters. The molecule has 2 aromatic rings. The van der Waals surface area contributed by atoms with Crippen LogP contribution in [0.2, 0.25) is 0 Å². The molecule has 4 nitrogen and oxygen atoms in total. The van der Waals surface area contributed by atoms with Gasteiger partial charge in [-0.25, -0.2) is 4.99 Å². The summed E-state index contributed by atoms with van der Waals surface area (Å²) in [5.41, 5.74) is 10.7. The number of aromatic nitrogens is 1. The van der Waals surface area contributed by atoms with E-state index in [1.807, 2.05) is 18.2 Å². The Morgan fingerprint density at radius 2 is 2.05 bits per heavy atom. The van der Waals surface area contributed by atoms with Crippen LogP contribution in [0, 0.1) is 0 Å². The quantitative estimate of drug-likeness (QED) is 0.478. The highest BCUT2D eigenvalue weighted by Crippen LogP contribution is 2.24. The maximum absolute atomic E-state index is 5.91. The Morgan fingerprint density at radius 3 is 2.86 bits per heavy atom. The van der Waals surface area contributed by atoms with Gasteiger partial charge in [0.25, 0.3) is 0 Å². The second-order valence-electron chi connectivity index (χ2n) is 4.98. The molecule has 3 N–H and O–H groups in total. The first-order valence-corrected chi connectivity index (χ1v) is 6.90.